The second kappa shape index (κ2) is 6.31. The fourth-order valence-corrected chi connectivity index (χ4v) is 1.56. The molecule has 20 heavy (non-hydrogen) atoms. The summed E-state index contributed by atoms with van der Waals surface area (Å²) in [6.07, 6.45) is 0. The van der Waals surface area contributed by atoms with Gasteiger partial charge in [0.1, 0.15) is 0 Å². The van der Waals surface area contributed by atoms with Gasteiger partial charge >= 0.3 is 17.9 Å². The number of rotatable bonds is 5. The zero-order valence-corrected chi connectivity index (χ0v) is 11.1. The lowest BCUT2D eigenvalue weighted by Gasteiger charge is -2.18. The van der Waals surface area contributed by atoms with Crippen LogP contribution in [0.15, 0.2) is 18.2 Å². The Hall–Kier alpha value is -2.18. The Bertz CT molecular complexity index is 517. The number of nitrogens with two attached hydrogens (primary N) is 1. The number of carbonyl (C=O) groups excluding carboxylic acids is 2. The number of alkyl halides is 2. The van der Waals surface area contributed by atoms with Crippen molar-refractivity contribution >= 4 is 17.6 Å². The summed E-state index contributed by atoms with van der Waals surface area (Å²) in [6.45, 7) is 2.88. The van der Waals surface area contributed by atoms with E-state index in [0.717, 1.165) is 6.07 Å². The molecule has 0 heterocycles. The van der Waals surface area contributed by atoms with Gasteiger partial charge in [0.25, 0.3) is 0 Å². The summed E-state index contributed by atoms with van der Waals surface area (Å²) in [5.74, 6) is -6.47. The SMILES string of the molecule is CCOC(=O)c1cccc(C(F)(F)C(=O)OCC)c1N. The molecule has 110 valence electrons. The maximum absolute atomic E-state index is 13.9. The molecule has 0 bridgehead atoms. The average molecular weight is 287 g/mol. The van der Waals surface area contributed by atoms with Crippen molar-refractivity contribution in [3.63, 3.8) is 0 Å². The van der Waals surface area contributed by atoms with Crippen LogP contribution in [0, 0.1) is 0 Å². The zero-order valence-electron chi connectivity index (χ0n) is 11.1. The third kappa shape index (κ3) is 3.04. The highest BCUT2D eigenvalue weighted by atomic mass is 19.3. The number of benzene rings is 1. The normalized spacial score (nSPS) is 11.0. The quantitative estimate of drug-likeness (QED) is 0.662. The Balaban J connectivity index is 3.23. The van der Waals surface area contributed by atoms with Gasteiger partial charge in [0.2, 0.25) is 0 Å². The number of anilines is 1. The smallest absolute Gasteiger partial charge is 0.382 e. The van der Waals surface area contributed by atoms with Crippen molar-refractivity contribution in [3.8, 4) is 0 Å². The van der Waals surface area contributed by atoms with Crippen LogP contribution >= 0.6 is 0 Å². The van der Waals surface area contributed by atoms with Gasteiger partial charge in [0.05, 0.1) is 30.0 Å². The molecule has 0 unspecified atom stereocenters. The zero-order chi connectivity index (χ0) is 15.3. The van der Waals surface area contributed by atoms with E-state index in [-0.39, 0.29) is 18.8 Å². The molecule has 0 fully saturated rings. The Labute approximate surface area is 114 Å². The Morgan fingerprint density at radius 3 is 2.35 bits per heavy atom. The van der Waals surface area contributed by atoms with E-state index < -0.39 is 29.1 Å². The van der Waals surface area contributed by atoms with Gasteiger partial charge in [-0.15, -0.1) is 0 Å². The average Bonchev–Trinajstić information content (AvgIpc) is 2.39. The van der Waals surface area contributed by atoms with E-state index in [4.69, 9.17) is 10.5 Å². The first-order valence-electron chi connectivity index (χ1n) is 5.97. The van der Waals surface area contributed by atoms with Gasteiger partial charge in [-0.1, -0.05) is 12.1 Å². The monoisotopic (exact) mass is 287 g/mol. The summed E-state index contributed by atoms with van der Waals surface area (Å²) in [5.41, 5.74) is 4.06. The summed E-state index contributed by atoms with van der Waals surface area (Å²) in [5, 5.41) is 0. The molecule has 7 heteroatoms. The molecular weight excluding hydrogens is 272 g/mol. The summed E-state index contributed by atoms with van der Waals surface area (Å²) >= 11 is 0. The largest absolute Gasteiger partial charge is 0.462 e. The van der Waals surface area contributed by atoms with Crippen molar-refractivity contribution in [2.24, 2.45) is 0 Å². The van der Waals surface area contributed by atoms with Crippen LogP contribution in [0.5, 0.6) is 0 Å². The van der Waals surface area contributed by atoms with E-state index >= 15 is 0 Å². The minimum atomic E-state index is -3.93. The molecule has 1 rings (SSSR count). The number of hydrogen-bond donors (Lipinski definition) is 1. The number of halogens is 2. The van der Waals surface area contributed by atoms with E-state index in [2.05, 4.69) is 4.74 Å². The first-order chi connectivity index (χ1) is 9.36. The lowest BCUT2D eigenvalue weighted by Crippen LogP contribution is -2.30. The minimum Gasteiger partial charge on any atom is -0.462 e. The van der Waals surface area contributed by atoms with Crippen molar-refractivity contribution in [3.05, 3.63) is 29.3 Å². The molecule has 5 nitrogen and oxygen atoms in total. The predicted molar refractivity (Wildman–Crippen MR) is 67.3 cm³/mol. The van der Waals surface area contributed by atoms with Crippen molar-refractivity contribution in [1.82, 2.24) is 0 Å². The first kappa shape index (κ1) is 15.9. The summed E-state index contributed by atoms with van der Waals surface area (Å²) < 4.78 is 36.8. The molecule has 0 aliphatic carbocycles. The van der Waals surface area contributed by atoms with Crippen molar-refractivity contribution in [2.75, 3.05) is 18.9 Å². The van der Waals surface area contributed by atoms with Crippen molar-refractivity contribution in [2.45, 2.75) is 19.8 Å². The topological polar surface area (TPSA) is 78.6 Å². The van der Waals surface area contributed by atoms with Gasteiger partial charge in [0.15, 0.2) is 0 Å². The van der Waals surface area contributed by atoms with Crippen LogP contribution in [0.3, 0.4) is 0 Å². The number of para-hydroxylation sites is 1. The summed E-state index contributed by atoms with van der Waals surface area (Å²) in [4.78, 5) is 22.9. The van der Waals surface area contributed by atoms with Gasteiger partial charge in [0, 0.05) is 0 Å². The fourth-order valence-electron chi connectivity index (χ4n) is 1.56. The maximum atomic E-state index is 13.9. The summed E-state index contributed by atoms with van der Waals surface area (Å²) in [7, 11) is 0. The molecule has 0 saturated heterocycles. The number of nitrogen functional groups attached to an aromatic ring is 1. The Kier molecular flexibility index (Phi) is 5.01. The lowest BCUT2D eigenvalue weighted by atomic mass is 10.0. The van der Waals surface area contributed by atoms with E-state index in [1.165, 1.54) is 19.1 Å². The van der Waals surface area contributed by atoms with E-state index in [9.17, 15) is 18.4 Å². The van der Waals surface area contributed by atoms with Crippen LogP contribution in [0.4, 0.5) is 14.5 Å². The molecule has 0 aromatic heterocycles. The van der Waals surface area contributed by atoms with Crippen molar-refractivity contribution < 1.29 is 27.8 Å². The molecule has 0 aliphatic heterocycles. The van der Waals surface area contributed by atoms with E-state index in [1.807, 2.05) is 0 Å². The molecule has 0 aliphatic rings. The predicted octanol–water partition coefficient (Wildman–Crippen LogP) is 2.10. The molecule has 2 N–H and O–H groups in total. The van der Waals surface area contributed by atoms with Crippen LogP contribution in [0.2, 0.25) is 0 Å². The molecule has 1 aromatic rings. The van der Waals surface area contributed by atoms with Crippen LogP contribution in [-0.4, -0.2) is 25.2 Å². The van der Waals surface area contributed by atoms with Crippen LogP contribution in [0.1, 0.15) is 29.8 Å². The van der Waals surface area contributed by atoms with Gasteiger partial charge < -0.3 is 15.2 Å². The number of esters is 2. The molecule has 0 saturated carbocycles. The molecular formula is C13H15F2NO4. The maximum Gasteiger partial charge on any atom is 0.382 e. The van der Waals surface area contributed by atoms with E-state index in [1.54, 1.807) is 6.92 Å². The first-order valence-corrected chi connectivity index (χ1v) is 5.97. The van der Waals surface area contributed by atoms with Gasteiger partial charge in [-0.05, 0) is 19.9 Å². The molecule has 1 aromatic carbocycles. The van der Waals surface area contributed by atoms with Gasteiger partial charge in [-0.25, -0.2) is 9.59 Å². The Morgan fingerprint density at radius 2 is 1.80 bits per heavy atom. The van der Waals surface area contributed by atoms with Crippen LogP contribution in [-0.2, 0) is 20.2 Å². The summed E-state index contributed by atoms with van der Waals surface area (Å²) in [6, 6.07) is 3.41. The van der Waals surface area contributed by atoms with Crippen LogP contribution in [0.25, 0.3) is 0 Å². The van der Waals surface area contributed by atoms with Gasteiger partial charge in [-0.2, -0.15) is 8.78 Å². The second-order valence-electron chi connectivity index (χ2n) is 3.78. The number of hydrogen-bond acceptors (Lipinski definition) is 5. The minimum absolute atomic E-state index is 0.0801. The highest BCUT2D eigenvalue weighted by molar-refractivity contribution is 5.97. The number of ether oxygens (including phenoxy) is 2. The fraction of sp³-hybridized carbons (Fsp3) is 0.385. The Morgan fingerprint density at radius 1 is 1.20 bits per heavy atom. The van der Waals surface area contributed by atoms with Crippen LogP contribution < -0.4 is 5.73 Å². The standard InChI is InChI=1S/C13H15F2NO4/c1-3-19-11(17)8-6-5-7-9(10(8)16)13(14,15)12(18)20-4-2/h5-7H,3-4,16H2,1-2H3. The van der Waals surface area contributed by atoms with Crippen molar-refractivity contribution in [1.29, 1.82) is 0 Å². The highest BCUT2D eigenvalue weighted by Gasteiger charge is 2.44. The molecule has 0 atom stereocenters. The molecule has 0 radical (unpaired) electrons. The molecule has 0 amide bonds. The lowest BCUT2D eigenvalue weighted by molar-refractivity contribution is -0.173. The highest BCUT2D eigenvalue weighted by Crippen LogP contribution is 2.35. The van der Waals surface area contributed by atoms with Gasteiger partial charge in [-0.3, -0.25) is 0 Å². The second-order valence-corrected chi connectivity index (χ2v) is 3.78. The number of carbonyl (C=O) groups is 2. The molecule has 0 spiro atoms. The third-order valence-corrected chi connectivity index (χ3v) is 2.47. The van der Waals surface area contributed by atoms with E-state index in [0.29, 0.717) is 0 Å². The third-order valence-electron chi connectivity index (χ3n) is 2.47.